The first kappa shape index (κ1) is 13.3. The molecular formula is C11H23N3O2S. The number of piperidine rings is 1. The molecule has 0 aromatic carbocycles. The molecule has 0 amide bonds. The smallest absolute Gasteiger partial charge is 0.279 e. The maximum Gasteiger partial charge on any atom is 0.279 e. The summed E-state index contributed by atoms with van der Waals surface area (Å²) in [5.41, 5.74) is 0. The molecule has 2 N–H and O–H groups in total. The third-order valence-electron chi connectivity index (χ3n) is 3.51. The van der Waals surface area contributed by atoms with E-state index < -0.39 is 10.2 Å². The van der Waals surface area contributed by atoms with Gasteiger partial charge in [-0.1, -0.05) is 6.92 Å². The van der Waals surface area contributed by atoms with Gasteiger partial charge in [-0.2, -0.15) is 17.4 Å². The minimum Gasteiger partial charge on any atom is -0.317 e. The highest BCUT2D eigenvalue weighted by atomic mass is 32.2. The number of nitrogens with zero attached hydrogens (tertiary/aromatic N) is 1. The van der Waals surface area contributed by atoms with Crippen LogP contribution in [0.3, 0.4) is 0 Å². The molecule has 1 saturated carbocycles. The van der Waals surface area contributed by atoms with Gasteiger partial charge in [0.2, 0.25) is 0 Å². The van der Waals surface area contributed by atoms with E-state index in [2.05, 4.69) is 10.0 Å². The molecule has 0 aromatic heterocycles. The topological polar surface area (TPSA) is 61.4 Å². The van der Waals surface area contributed by atoms with Crippen LogP contribution in [0.2, 0.25) is 0 Å². The molecule has 0 spiro atoms. The van der Waals surface area contributed by atoms with E-state index in [4.69, 9.17) is 0 Å². The Kier molecular flexibility index (Phi) is 4.41. The fraction of sp³-hybridized carbons (Fsp3) is 1.00. The van der Waals surface area contributed by atoms with Crippen molar-refractivity contribution in [1.29, 1.82) is 0 Å². The quantitative estimate of drug-likeness (QED) is 0.723. The van der Waals surface area contributed by atoms with Crippen LogP contribution in [0.1, 0.15) is 32.6 Å². The van der Waals surface area contributed by atoms with Crippen LogP contribution >= 0.6 is 0 Å². The van der Waals surface area contributed by atoms with Crippen molar-refractivity contribution in [3.63, 3.8) is 0 Å². The van der Waals surface area contributed by atoms with Gasteiger partial charge in [-0.3, -0.25) is 0 Å². The highest BCUT2D eigenvalue weighted by molar-refractivity contribution is 7.87. The Labute approximate surface area is 104 Å². The van der Waals surface area contributed by atoms with Gasteiger partial charge >= 0.3 is 0 Å². The lowest BCUT2D eigenvalue weighted by atomic mass is 9.98. The van der Waals surface area contributed by atoms with Crippen molar-refractivity contribution in [1.82, 2.24) is 14.3 Å². The van der Waals surface area contributed by atoms with Gasteiger partial charge in [0, 0.05) is 19.1 Å². The van der Waals surface area contributed by atoms with Crippen LogP contribution in [-0.4, -0.2) is 44.9 Å². The summed E-state index contributed by atoms with van der Waals surface area (Å²) < 4.78 is 28.5. The minimum atomic E-state index is -3.25. The second-order valence-electron chi connectivity index (χ2n) is 5.04. The van der Waals surface area contributed by atoms with Gasteiger partial charge in [0.05, 0.1) is 0 Å². The minimum absolute atomic E-state index is 0.196. The van der Waals surface area contributed by atoms with E-state index in [1.165, 1.54) is 0 Å². The number of hydrogen-bond acceptors (Lipinski definition) is 3. The summed E-state index contributed by atoms with van der Waals surface area (Å²) in [5, 5.41) is 3.30. The molecule has 2 aliphatic rings. The van der Waals surface area contributed by atoms with Crippen molar-refractivity contribution in [2.24, 2.45) is 5.92 Å². The van der Waals surface area contributed by atoms with Crippen molar-refractivity contribution in [3.05, 3.63) is 0 Å². The molecule has 2 rings (SSSR count). The Morgan fingerprint density at radius 1 is 1.24 bits per heavy atom. The molecule has 5 nitrogen and oxygen atoms in total. The molecule has 0 aromatic rings. The Hall–Kier alpha value is -0.170. The summed E-state index contributed by atoms with van der Waals surface area (Å²) in [6.45, 7) is 5.16. The third-order valence-corrected chi connectivity index (χ3v) is 5.22. The zero-order valence-electron chi connectivity index (χ0n) is 10.5. The van der Waals surface area contributed by atoms with Crippen LogP contribution in [0.5, 0.6) is 0 Å². The predicted molar refractivity (Wildman–Crippen MR) is 67.9 cm³/mol. The molecule has 0 unspecified atom stereocenters. The molecule has 2 fully saturated rings. The van der Waals surface area contributed by atoms with Crippen molar-refractivity contribution < 1.29 is 8.42 Å². The fourth-order valence-corrected chi connectivity index (χ4v) is 3.79. The van der Waals surface area contributed by atoms with Crippen molar-refractivity contribution in [2.75, 3.05) is 26.2 Å². The van der Waals surface area contributed by atoms with Crippen molar-refractivity contribution >= 4 is 10.2 Å². The second kappa shape index (κ2) is 5.65. The molecule has 6 heteroatoms. The third kappa shape index (κ3) is 3.91. The van der Waals surface area contributed by atoms with E-state index in [0.29, 0.717) is 19.0 Å². The lowest BCUT2D eigenvalue weighted by molar-refractivity contribution is 0.292. The number of rotatable bonds is 6. The van der Waals surface area contributed by atoms with Gasteiger partial charge in [0.15, 0.2) is 0 Å². The first-order valence-electron chi connectivity index (χ1n) is 6.60. The summed E-state index contributed by atoms with van der Waals surface area (Å²) in [6, 6.07) is 0.196. The first-order valence-corrected chi connectivity index (χ1v) is 8.04. The van der Waals surface area contributed by atoms with Gasteiger partial charge in [0.25, 0.3) is 10.2 Å². The van der Waals surface area contributed by atoms with Crippen LogP contribution in [0, 0.1) is 5.92 Å². The first-order chi connectivity index (χ1) is 8.12. The average molecular weight is 261 g/mol. The predicted octanol–water partition coefficient (Wildman–Crippen LogP) is 0.305. The van der Waals surface area contributed by atoms with Crippen LogP contribution in [-0.2, 0) is 10.2 Å². The highest BCUT2D eigenvalue weighted by Gasteiger charge is 2.31. The summed E-state index contributed by atoms with van der Waals surface area (Å²) in [4.78, 5) is 0. The summed E-state index contributed by atoms with van der Waals surface area (Å²) >= 11 is 0. The van der Waals surface area contributed by atoms with Gasteiger partial charge in [-0.05, 0) is 44.7 Å². The SMILES string of the molecule is CCN(CC1CCNCC1)S(=O)(=O)NC1CC1. The molecule has 1 heterocycles. The van der Waals surface area contributed by atoms with E-state index in [0.717, 1.165) is 38.8 Å². The van der Waals surface area contributed by atoms with E-state index in [9.17, 15) is 8.42 Å². The Balaban J connectivity index is 1.89. The lowest BCUT2D eigenvalue weighted by Crippen LogP contribution is -2.45. The van der Waals surface area contributed by atoms with E-state index in [-0.39, 0.29) is 6.04 Å². The van der Waals surface area contributed by atoms with Gasteiger partial charge < -0.3 is 5.32 Å². The number of nitrogens with one attached hydrogen (secondary N) is 2. The summed E-state index contributed by atoms with van der Waals surface area (Å²) in [6.07, 6.45) is 4.14. The van der Waals surface area contributed by atoms with Crippen LogP contribution in [0.4, 0.5) is 0 Å². The van der Waals surface area contributed by atoms with E-state index >= 15 is 0 Å². The van der Waals surface area contributed by atoms with Crippen molar-refractivity contribution in [3.8, 4) is 0 Å². The molecule has 17 heavy (non-hydrogen) atoms. The van der Waals surface area contributed by atoms with Crippen LogP contribution in [0.15, 0.2) is 0 Å². The summed E-state index contributed by atoms with van der Waals surface area (Å²) in [7, 11) is -3.25. The van der Waals surface area contributed by atoms with Crippen LogP contribution < -0.4 is 10.0 Å². The molecule has 0 atom stereocenters. The molecule has 1 aliphatic heterocycles. The average Bonchev–Trinajstić information content (AvgIpc) is 3.10. The molecule has 0 radical (unpaired) electrons. The zero-order valence-corrected chi connectivity index (χ0v) is 11.3. The Morgan fingerprint density at radius 3 is 2.41 bits per heavy atom. The lowest BCUT2D eigenvalue weighted by Gasteiger charge is -2.28. The Bertz CT molecular complexity index is 335. The van der Waals surface area contributed by atoms with Gasteiger partial charge in [0.1, 0.15) is 0 Å². The Morgan fingerprint density at radius 2 is 1.88 bits per heavy atom. The monoisotopic (exact) mass is 261 g/mol. The second-order valence-corrected chi connectivity index (χ2v) is 6.74. The molecule has 1 aliphatic carbocycles. The highest BCUT2D eigenvalue weighted by Crippen LogP contribution is 2.21. The van der Waals surface area contributed by atoms with Gasteiger partial charge in [-0.15, -0.1) is 0 Å². The van der Waals surface area contributed by atoms with Crippen LogP contribution in [0.25, 0.3) is 0 Å². The maximum absolute atomic E-state index is 12.1. The largest absolute Gasteiger partial charge is 0.317 e. The molecule has 1 saturated heterocycles. The molecular weight excluding hydrogens is 238 g/mol. The number of hydrogen-bond donors (Lipinski definition) is 2. The zero-order chi connectivity index (χ0) is 12.3. The van der Waals surface area contributed by atoms with Crippen molar-refractivity contribution in [2.45, 2.75) is 38.6 Å². The molecule has 0 bridgehead atoms. The standard InChI is InChI=1S/C11H23N3O2S/c1-2-14(9-10-5-7-12-8-6-10)17(15,16)13-11-3-4-11/h10-13H,2-9H2,1H3. The maximum atomic E-state index is 12.1. The van der Waals surface area contributed by atoms with Gasteiger partial charge in [-0.25, -0.2) is 0 Å². The van der Waals surface area contributed by atoms with E-state index in [1.807, 2.05) is 6.92 Å². The van der Waals surface area contributed by atoms with E-state index in [1.54, 1.807) is 4.31 Å². The fourth-order valence-electron chi connectivity index (χ4n) is 2.24. The summed E-state index contributed by atoms with van der Waals surface area (Å²) in [5.74, 6) is 0.506. The molecule has 100 valence electrons. The normalized spacial score (nSPS) is 23.2.